The van der Waals surface area contributed by atoms with Crippen molar-refractivity contribution in [3.8, 4) is 0 Å². The van der Waals surface area contributed by atoms with Crippen LogP contribution in [0.1, 0.15) is 33.1 Å². The van der Waals surface area contributed by atoms with Gasteiger partial charge < -0.3 is 15.4 Å². The fourth-order valence-electron chi connectivity index (χ4n) is 2.73. The number of carbonyl (C=O) groups excluding carboxylic acids is 1. The van der Waals surface area contributed by atoms with Gasteiger partial charge in [0.2, 0.25) is 5.91 Å². The predicted octanol–water partition coefficient (Wildman–Crippen LogP) is 1.17. The first-order valence-electron chi connectivity index (χ1n) is 6.18. The summed E-state index contributed by atoms with van der Waals surface area (Å²) < 4.78 is 5.61. The molecule has 1 saturated carbocycles. The van der Waals surface area contributed by atoms with Crippen LogP contribution in [0.15, 0.2) is 0 Å². The molecule has 4 nitrogen and oxygen atoms in total. The van der Waals surface area contributed by atoms with Crippen LogP contribution >= 0.6 is 12.4 Å². The van der Waals surface area contributed by atoms with Gasteiger partial charge in [-0.1, -0.05) is 6.42 Å². The number of ether oxygens (including phenoxy) is 1. The molecule has 1 aliphatic carbocycles. The Morgan fingerprint density at radius 1 is 1.41 bits per heavy atom. The topological polar surface area (TPSA) is 55.6 Å². The molecule has 0 aromatic rings. The van der Waals surface area contributed by atoms with Gasteiger partial charge in [0.25, 0.3) is 0 Å². The van der Waals surface area contributed by atoms with Crippen LogP contribution in [0, 0.1) is 5.92 Å². The zero-order chi connectivity index (χ0) is 11.8. The van der Waals surface area contributed by atoms with Crippen LogP contribution in [0.5, 0.6) is 0 Å². The number of halogens is 1. The summed E-state index contributed by atoms with van der Waals surface area (Å²) in [5.41, 5.74) is 5.76. The number of hydrogen-bond acceptors (Lipinski definition) is 3. The number of nitrogens with zero attached hydrogens (tertiary/aromatic N) is 1. The summed E-state index contributed by atoms with van der Waals surface area (Å²) in [5, 5.41) is 0. The van der Waals surface area contributed by atoms with E-state index in [0.717, 1.165) is 19.3 Å². The molecule has 1 heterocycles. The van der Waals surface area contributed by atoms with E-state index in [1.54, 1.807) is 0 Å². The second-order valence-corrected chi connectivity index (χ2v) is 5.57. The fraction of sp³-hybridized carbons (Fsp3) is 0.917. The quantitative estimate of drug-likeness (QED) is 0.772. The number of morpholine rings is 1. The monoisotopic (exact) mass is 262 g/mol. The van der Waals surface area contributed by atoms with Crippen molar-refractivity contribution in [2.24, 2.45) is 11.7 Å². The molecular weight excluding hydrogens is 240 g/mol. The summed E-state index contributed by atoms with van der Waals surface area (Å²) in [5.74, 6) is 0.287. The van der Waals surface area contributed by atoms with E-state index in [1.165, 1.54) is 0 Å². The van der Waals surface area contributed by atoms with E-state index >= 15 is 0 Å². The van der Waals surface area contributed by atoms with E-state index in [-0.39, 0.29) is 35.9 Å². The molecule has 1 aliphatic heterocycles. The Kier molecular flexibility index (Phi) is 4.81. The largest absolute Gasteiger partial charge is 0.372 e. The number of carbonyl (C=O) groups is 1. The summed E-state index contributed by atoms with van der Waals surface area (Å²) in [7, 11) is 0. The van der Waals surface area contributed by atoms with Crippen LogP contribution in [-0.2, 0) is 9.53 Å². The van der Waals surface area contributed by atoms with Gasteiger partial charge in [0.1, 0.15) is 0 Å². The highest BCUT2D eigenvalue weighted by Gasteiger charge is 2.37. The van der Waals surface area contributed by atoms with Crippen molar-refractivity contribution >= 4 is 18.3 Å². The second kappa shape index (κ2) is 5.55. The van der Waals surface area contributed by atoms with Crippen molar-refractivity contribution in [2.75, 3.05) is 19.7 Å². The first-order chi connectivity index (χ1) is 7.49. The van der Waals surface area contributed by atoms with Crippen LogP contribution in [0.4, 0.5) is 0 Å². The molecule has 1 amide bonds. The van der Waals surface area contributed by atoms with E-state index in [1.807, 2.05) is 18.7 Å². The van der Waals surface area contributed by atoms with Gasteiger partial charge in [0, 0.05) is 19.1 Å². The Morgan fingerprint density at radius 3 is 2.65 bits per heavy atom. The molecule has 0 radical (unpaired) electrons. The normalized spacial score (nSPS) is 32.1. The molecule has 5 heteroatoms. The maximum Gasteiger partial charge on any atom is 0.227 e. The summed E-state index contributed by atoms with van der Waals surface area (Å²) >= 11 is 0. The predicted molar refractivity (Wildman–Crippen MR) is 69.2 cm³/mol. The molecule has 2 fully saturated rings. The van der Waals surface area contributed by atoms with Crippen molar-refractivity contribution in [3.63, 3.8) is 0 Å². The summed E-state index contributed by atoms with van der Waals surface area (Å²) in [6.45, 7) is 6.10. The third-order valence-corrected chi connectivity index (χ3v) is 3.62. The lowest BCUT2D eigenvalue weighted by atomic mass is 10.00. The van der Waals surface area contributed by atoms with E-state index < -0.39 is 0 Å². The Morgan fingerprint density at radius 2 is 2.12 bits per heavy atom. The van der Waals surface area contributed by atoms with Crippen LogP contribution in [-0.4, -0.2) is 42.1 Å². The van der Waals surface area contributed by atoms with Crippen molar-refractivity contribution in [1.82, 2.24) is 4.90 Å². The van der Waals surface area contributed by atoms with Gasteiger partial charge in [0.15, 0.2) is 0 Å². The standard InChI is InChI=1S/C12H22N2O2.ClH/c1-12(2)8-14(6-7-16-12)11(15)9-4-3-5-10(9)13;/h9-10H,3-8,13H2,1-2H3;1H. The second-order valence-electron chi connectivity index (χ2n) is 5.57. The third kappa shape index (κ3) is 3.33. The maximum atomic E-state index is 12.3. The minimum atomic E-state index is -0.212. The highest BCUT2D eigenvalue weighted by atomic mass is 35.5. The van der Waals surface area contributed by atoms with Gasteiger partial charge in [-0.25, -0.2) is 0 Å². The molecule has 1 saturated heterocycles. The zero-order valence-electron chi connectivity index (χ0n) is 10.6. The molecule has 0 aromatic carbocycles. The summed E-state index contributed by atoms with van der Waals surface area (Å²) in [6, 6.07) is 0.0680. The highest BCUT2D eigenvalue weighted by molar-refractivity contribution is 5.85. The lowest BCUT2D eigenvalue weighted by molar-refractivity contribution is -0.150. The fourth-order valence-corrected chi connectivity index (χ4v) is 2.73. The Hall–Kier alpha value is -0.320. The van der Waals surface area contributed by atoms with Gasteiger partial charge >= 0.3 is 0 Å². The number of nitrogens with two attached hydrogens (primary N) is 1. The number of rotatable bonds is 1. The Bertz CT molecular complexity index is 284. The molecule has 0 bridgehead atoms. The number of amides is 1. The SMILES string of the molecule is CC1(C)CN(C(=O)C2CCCC2N)CCO1.Cl. The van der Waals surface area contributed by atoms with Crippen LogP contribution in [0.2, 0.25) is 0 Å². The first kappa shape index (κ1) is 14.7. The lowest BCUT2D eigenvalue weighted by Gasteiger charge is -2.39. The summed E-state index contributed by atoms with van der Waals surface area (Å²) in [4.78, 5) is 14.2. The van der Waals surface area contributed by atoms with Crippen molar-refractivity contribution in [2.45, 2.75) is 44.8 Å². The molecule has 2 N–H and O–H groups in total. The molecular formula is C12H23ClN2O2. The molecule has 2 unspecified atom stereocenters. The first-order valence-corrected chi connectivity index (χ1v) is 6.18. The molecule has 2 atom stereocenters. The van der Waals surface area contributed by atoms with E-state index in [4.69, 9.17) is 10.5 Å². The van der Waals surface area contributed by atoms with Crippen LogP contribution < -0.4 is 5.73 Å². The van der Waals surface area contributed by atoms with E-state index in [2.05, 4.69) is 0 Å². The van der Waals surface area contributed by atoms with Gasteiger partial charge in [-0.15, -0.1) is 12.4 Å². The Labute approximate surface area is 109 Å². The average Bonchev–Trinajstić information content (AvgIpc) is 2.62. The minimum absolute atomic E-state index is 0. The van der Waals surface area contributed by atoms with Crippen molar-refractivity contribution in [1.29, 1.82) is 0 Å². The lowest BCUT2D eigenvalue weighted by Crippen LogP contribution is -2.53. The van der Waals surface area contributed by atoms with Gasteiger partial charge in [-0.2, -0.15) is 0 Å². The van der Waals surface area contributed by atoms with Crippen molar-refractivity contribution in [3.05, 3.63) is 0 Å². The molecule has 0 spiro atoms. The van der Waals surface area contributed by atoms with Gasteiger partial charge in [0.05, 0.1) is 18.1 Å². The zero-order valence-corrected chi connectivity index (χ0v) is 11.5. The van der Waals surface area contributed by atoms with Crippen LogP contribution in [0.3, 0.4) is 0 Å². The van der Waals surface area contributed by atoms with E-state index in [9.17, 15) is 4.79 Å². The highest BCUT2D eigenvalue weighted by Crippen LogP contribution is 2.27. The number of hydrogen-bond donors (Lipinski definition) is 1. The average molecular weight is 263 g/mol. The molecule has 17 heavy (non-hydrogen) atoms. The van der Waals surface area contributed by atoms with E-state index in [0.29, 0.717) is 19.7 Å². The Balaban J connectivity index is 0.00000144. The minimum Gasteiger partial charge on any atom is -0.372 e. The smallest absolute Gasteiger partial charge is 0.227 e. The summed E-state index contributed by atoms with van der Waals surface area (Å²) in [6.07, 6.45) is 3.03. The van der Waals surface area contributed by atoms with Crippen LogP contribution in [0.25, 0.3) is 0 Å². The molecule has 0 aromatic heterocycles. The van der Waals surface area contributed by atoms with Gasteiger partial charge in [-0.3, -0.25) is 4.79 Å². The molecule has 2 aliphatic rings. The van der Waals surface area contributed by atoms with Crippen molar-refractivity contribution < 1.29 is 9.53 Å². The molecule has 100 valence electrons. The van der Waals surface area contributed by atoms with Gasteiger partial charge in [-0.05, 0) is 26.7 Å². The third-order valence-electron chi connectivity index (χ3n) is 3.62. The molecule has 2 rings (SSSR count). The maximum absolute atomic E-state index is 12.3.